The van der Waals surface area contributed by atoms with E-state index in [0.29, 0.717) is 18.3 Å². The van der Waals surface area contributed by atoms with Crippen molar-refractivity contribution < 1.29 is 14.1 Å². The number of rotatable bonds is 5. The molecule has 128 valence electrons. The van der Waals surface area contributed by atoms with Crippen LogP contribution in [0, 0.1) is 6.92 Å². The van der Waals surface area contributed by atoms with E-state index in [2.05, 4.69) is 16.1 Å². The van der Waals surface area contributed by atoms with Crippen LogP contribution in [0.2, 0.25) is 0 Å². The lowest BCUT2D eigenvalue weighted by Gasteiger charge is -2.37. The van der Waals surface area contributed by atoms with Gasteiger partial charge in [-0.25, -0.2) is 0 Å². The van der Waals surface area contributed by atoms with Crippen LogP contribution in [0.4, 0.5) is 5.69 Å². The van der Waals surface area contributed by atoms with Gasteiger partial charge in [0.2, 0.25) is 0 Å². The molecule has 24 heavy (non-hydrogen) atoms. The van der Waals surface area contributed by atoms with E-state index in [9.17, 15) is 4.79 Å². The topological polar surface area (TPSA) is 58.8 Å². The number of para-hydroxylation sites is 1. The Kier molecular flexibility index (Phi) is 4.97. The molecule has 2 heterocycles. The number of likely N-dealkylation sites (N-methyl/N-ethyl adjacent to an activating group) is 1. The van der Waals surface area contributed by atoms with Gasteiger partial charge < -0.3 is 19.1 Å². The molecule has 1 aliphatic heterocycles. The van der Waals surface area contributed by atoms with Gasteiger partial charge in [0.1, 0.15) is 18.1 Å². The first-order valence-electron chi connectivity index (χ1n) is 8.09. The molecule has 2 aromatic rings. The molecule has 1 aromatic heterocycles. The number of nitrogens with zero attached hydrogens (tertiary/aromatic N) is 3. The highest BCUT2D eigenvalue weighted by Gasteiger charge is 2.29. The Hall–Kier alpha value is -2.18. The van der Waals surface area contributed by atoms with Crippen LogP contribution in [-0.4, -0.2) is 49.3 Å². The summed E-state index contributed by atoms with van der Waals surface area (Å²) in [4.78, 5) is 16.7. The molecule has 0 fully saturated rings. The summed E-state index contributed by atoms with van der Waals surface area (Å²) in [5, 5.41) is 3.86. The predicted octanol–water partition coefficient (Wildman–Crippen LogP) is 2.02. The van der Waals surface area contributed by atoms with E-state index >= 15 is 0 Å². The van der Waals surface area contributed by atoms with E-state index in [1.165, 1.54) is 5.56 Å². The molecule has 1 unspecified atom stereocenters. The number of aryl methyl sites for hydroxylation is 1. The molecule has 0 N–H and O–H groups in total. The summed E-state index contributed by atoms with van der Waals surface area (Å²) in [6.07, 6.45) is 0.950. The summed E-state index contributed by atoms with van der Waals surface area (Å²) in [7, 11) is 4.09. The molecule has 0 saturated heterocycles. The van der Waals surface area contributed by atoms with Crippen LogP contribution in [0.1, 0.15) is 17.0 Å². The summed E-state index contributed by atoms with van der Waals surface area (Å²) >= 11 is 0. The fraction of sp³-hybridized carbons (Fsp3) is 0.444. The number of ether oxygens (including phenoxy) is 1. The van der Waals surface area contributed by atoms with Crippen molar-refractivity contribution in [3.05, 3.63) is 47.3 Å². The van der Waals surface area contributed by atoms with Crippen LogP contribution in [0.25, 0.3) is 0 Å². The molecule has 3 rings (SSSR count). The van der Waals surface area contributed by atoms with Gasteiger partial charge in [-0.2, -0.15) is 0 Å². The molecule has 0 radical (unpaired) electrons. The Morgan fingerprint density at radius 1 is 1.42 bits per heavy atom. The van der Waals surface area contributed by atoms with Crippen LogP contribution >= 0.6 is 0 Å². The van der Waals surface area contributed by atoms with Crippen molar-refractivity contribution in [2.45, 2.75) is 26.0 Å². The lowest BCUT2D eigenvalue weighted by molar-refractivity contribution is -0.123. The second kappa shape index (κ2) is 7.15. The maximum Gasteiger partial charge on any atom is 0.253 e. The molecule has 6 heteroatoms. The lowest BCUT2D eigenvalue weighted by atomic mass is 9.97. The number of aromatic nitrogens is 1. The molecule has 1 amide bonds. The minimum atomic E-state index is -0.0331. The summed E-state index contributed by atoms with van der Waals surface area (Å²) in [5.74, 6) is 0.702. The third-order valence-corrected chi connectivity index (χ3v) is 4.31. The summed E-state index contributed by atoms with van der Waals surface area (Å²) in [5.41, 5.74) is 2.88. The van der Waals surface area contributed by atoms with Crippen LogP contribution in [-0.2, 0) is 22.6 Å². The Labute approximate surface area is 142 Å². The van der Waals surface area contributed by atoms with E-state index < -0.39 is 0 Å². The van der Waals surface area contributed by atoms with Crippen molar-refractivity contribution in [1.82, 2.24) is 10.1 Å². The number of fused-ring (bicyclic) bond motifs is 1. The van der Waals surface area contributed by atoms with E-state index in [-0.39, 0.29) is 19.1 Å². The fourth-order valence-electron chi connectivity index (χ4n) is 2.96. The molecule has 6 nitrogen and oxygen atoms in total. The van der Waals surface area contributed by atoms with Crippen LogP contribution < -0.4 is 4.90 Å². The van der Waals surface area contributed by atoms with Gasteiger partial charge in [0, 0.05) is 24.3 Å². The maximum atomic E-state index is 12.7. The van der Waals surface area contributed by atoms with Gasteiger partial charge in [-0.1, -0.05) is 23.4 Å². The van der Waals surface area contributed by atoms with Crippen molar-refractivity contribution >= 4 is 11.6 Å². The molecule has 1 aliphatic rings. The van der Waals surface area contributed by atoms with E-state index in [0.717, 1.165) is 17.9 Å². The van der Waals surface area contributed by atoms with Gasteiger partial charge in [-0.05, 0) is 39.1 Å². The van der Waals surface area contributed by atoms with Crippen molar-refractivity contribution in [2.75, 3.05) is 32.1 Å². The Morgan fingerprint density at radius 3 is 2.92 bits per heavy atom. The third kappa shape index (κ3) is 3.66. The van der Waals surface area contributed by atoms with Gasteiger partial charge in [0.05, 0.1) is 6.61 Å². The Balaban J connectivity index is 1.66. The number of anilines is 1. The van der Waals surface area contributed by atoms with E-state index in [1.54, 1.807) is 0 Å². The molecule has 0 spiro atoms. The molecule has 1 atom stereocenters. The van der Waals surface area contributed by atoms with Crippen molar-refractivity contribution in [1.29, 1.82) is 0 Å². The van der Waals surface area contributed by atoms with Gasteiger partial charge >= 0.3 is 0 Å². The third-order valence-electron chi connectivity index (χ3n) is 4.31. The van der Waals surface area contributed by atoms with Crippen molar-refractivity contribution in [3.63, 3.8) is 0 Å². The minimum Gasteiger partial charge on any atom is -0.365 e. The number of carbonyl (C=O) groups excluding carboxylic acids is 1. The minimum absolute atomic E-state index is 0.0282. The van der Waals surface area contributed by atoms with Crippen molar-refractivity contribution in [2.24, 2.45) is 0 Å². The first-order valence-corrected chi connectivity index (χ1v) is 8.09. The zero-order valence-electron chi connectivity index (χ0n) is 14.4. The second-order valence-corrected chi connectivity index (χ2v) is 6.38. The highest BCUT2D eigenvalue weighted by molar-refractivity contribution is 5.95. The normalized spacial score (nSPS) is 17.2. The molecule has 0 saturated carbocycles. The van der Waals surface area contributed by atoms with Crippen LogP contribution in [0.15, 0.2) is 34.9 Å². The zero-order chi connectivity index (χ0) is 17.1. The molecular weight excluding hydrogens is 306 g/mol. The second-order valence-electron chi connectivity index (χ2n) is 6.38. The molecule has 0 bridgehead atoms. The fourth-order valence-corrected chi connectivity index (χ4v) is 2.96. The number of hydrogen-bond donors (Lipinski definition) is 0. The van der Waals surface area contributed by atoms with E-state index in [1.807, 2.05) is 50.2 Å². The Bertz CT molecular complexity index is 711. The van der Waals surface area contributed by atoms with E-state index in [4.69, 9.17) is 9.26 Å². The quantitative estimate of drug-likeness (QED) is 0.840. The first-order chi connectivity index (χ1) is 11.5. The average molecular weight is 329 g/mol. The van der Waals surface area contributed by atoms with Crippen molar-refractivity contribution in [3.8, 4) is 0 Å². The largest absolute Gasteiger partial charge is 0.365 e. The summed E-state index contributed by atoms with van der Waals surface area (Å²) in [6.45, 7) is 2.80. The summed E-state index contributed by atoms with van der Waals surface area (Å²) in [6, 6.07) is 10.2. The van der Waals surface area contributed by atoms with Crippen LogP contribution in [0.3, 0.4) is 0 Å². The van der Waals surface area contributed by atoms with Gasteiger partial charge in [0.15, 0.2) is 0 Å². The van der Waals surface area contributed by atoms with Gasteiger partial charge in [0.25, 0.3) is 5.91 Å². The number of carbonyl (C=O) groups is 1. The summed E-state index contributed by atoms with van der Waals surface area (Å²) < 4.78 is 10.5. The van der Waals surface area contributed by atoms with Crippen LogP contribution in [0.5, 0.6) is 0 Å². The highest BCUT2D eigenvalue weighted by Crippen LogP contribution is 2.28. The standard InChI is InChI=1S/C18H23N3O3/c1-13-8-15(19-24-13)11-23-12-18(22)21-10-16(20(2)3)9-14-6-4-5-7-17(14)21/h4-8,16H,9-12H2,1-3H3. The Morgan fingerprint density at radius 2 is 2.21 bits per heavy atom. The maximum absolute atomic E-state index is 12.7. The predicted molar refractivity (Wildman–Crippen MR) is 90.9 cm³/mol. The monoisotopic (exact) mass is 329 g/mol. The first kappa shape index (κ1) is 16.7. The lowest BCUT2D eigenvalue weighted by Crippen LogP contribution is -2.49. The molecular formula is C18H23N3O3. The molecule has 1 aromatic carbocycles. The van der Waals surface area contributed by atoms with Gasteiger partial charge in [-0.3, -0.25) is 4.79 Å². The SMILES string of the molecule is Cc1cc(COCC(=O)N2CC(N(C)C)Cc3ccccc32)no1. The van der Waals surface area contributed by atoms with Gasteiger partial charge in [-0.15, -0.1) is 0 Å². The zero-order valence-corrected chi connectivity index (χ0v) is 14.4. The molecule has 0 aliphatic carbocycles. The number of hydrogen-bond acceptors (Lipinski definition) is 5. The average Bonchev–Trinajstić information content (AvgIpc) is 2.99. The number of benzene rings is 1. The number of amides is 1. The highest BCUT2D eigenvalue weighted by atomic mass is 16.5. The smallest absolute Gasteiger partial charge is 0.253 e.